The molecule has 4 aromatic rings. The smallest absolute Gasteiger partial charge is 0.239 e. The highest BCUT2D eigenvalue weighted by Gasteiger charge is 2.41. The van der Waals surface area contributed by atoms with Crippen molar-refractivity contribution in [1.82, 2.24) is 15.2 Å². The highest BCUT2D eigenvalue weighted by Crippen LogP contribution is 2.57. The average Bonchev–Trinajstić information content (AvgIpc) is 3.47. The van der Waals surface area contributed by atoms with E-state index in [1.807, 2.05) is 30.3 Å². The second-order valence-corrected chi connectivity index (χ2v) is 9.54. The van der Waals surface area contributed by atoms with Crippen molar-refractivity contribution in [3.63, 3.8) is 0 Å². The Balaban J connectivity index is 1.23. The van der Waals surface area contributed by atoms with E-state index in [2.05, 4.69) is 44.0 Å². The molecule has 2 aromatic heterocycles. The molecular formula is C28H28N6O4. The van der Waals surface area contributed by atoms with Gasteiger partial charge in [0, 0.05) is 24.0 Å². The summed E-state index contributed by atoms with van der Waals surface area (Å²) >= 11 is 0. The van der Waals surface area contributed by atoms with Crippen LogP contribution >= 0.6 is 0 Å². The molecule has 1 aliphatic heterocycles. The number of carbonyl (C=O) groups is 2. The lowest BCUT2D eigenvalue weighted by Gasteiger charge is -2.17. The second-order valence-electron chi connectivity index (χ2n) is 9.54. The molecule has 1 aliphatic carbocycles. The first kappa shape index (κ1) is 23.8. The van der Waals surface area contributed by atoms with Gasteiger partial charge in [-0.15, -0.1) is 0 Å². The SMILES string of the molecule is COc1ccc(NC=O)c(C2CC2c2ccc3c(Nc4ccc(N5CCCC5=O)nc4OC)n[nH]c3c2)c1. The number of anilines is 4. The number of hydrogen-bond donors (Lipinski definition) is 3. The number of rotatable bonds is 9. The third kappa shape index (κ3) is 4.27. The van der Waals surface area contributed by atoms with Gasteiger partial charge in [-0.1, -0.05) is 6.07 Å². The molecular weight excluding hydrogens is 484 g/mol. The molecule has 0 radical (unpaired) electrons. The number of benzene rings is 2. The topological polar surface area (TPSA) is 121 Å². The summed E-state index contributed by atoms with van der Waals surface area (Å²) < 4.78 is 10.9. The normalized spacial score (nSPS) is 18.5. The molecule has 2 amide bonds. The maximum absolute atomic E-state index is 12.1. The summed E-state index contributed by atoms with van der Waals surface area (Å²) in [6.07, 6.45) is 3.07. The Bertz CT molecular complexity index is 1530. The number of nitrogens with zero attached hydrogens (tertiary/aromatic N) is 3. The minimum Gasteiger partial charge on any atom is -0.497 e. The summed E-state index contributed by atoms with van der Waals surface area (Å²) in [5.41, 5.74) is 4.67. The maximum Gasteiger partial charge on any atom is 0.239 e. The van der Waals surface area contributed by atoms with Crippen LogP contribution in [0.15, 0.2) is 48.5 Å². The van der Waals surface area contributed by atoms with Crippen LogP contribution in [0.5, 0.6) is 11.6 Å². The summed E-state index contributed by atoms with van der Waals surface area (Å²) in [5.74, 6) is 3.13. The molecule has 2 atom stereocenters. The van der Waals surface area contributed by atoms with Gasteiger partial charge in [-0.05, 0) is 78.3 Å². The molecule has 0 spiro atoms. The van der Waals surface area contributed by atoms with Crippen LogP contribution in [0.1, 0.15) is 42.2 Å². The number of methoxy groups -OCH3 is 2. The molecule has 194 valence electrons. The molecule has 38 heavy (non-hydrogen) atoms. The van der Waals surface area contributed by atoms with Crippen LogP contribution < -0.4 is 25.0 Å². The third-order valence-corrected chi connectivity index (χ3v) is 7.32. The van der Waals surface area contributed by atoms with Crippen molar-refractivity contribution < 1.29 is 19.1 Å². The number of fused-ring (bicyclic) bond motifs is 1. The molecule has 3 N–H and O–H groups in total. The Morgan fingerprint density at radius 3 is 2.68 bits per heavy atom. The van der Waals surface area contributed by atoms with Gasteiger partial charge in [0.25, 0.3) is 0 Å². The minimum absolute atomic E-state index is 0.0786. The standard InChI is InChI=1S/C28H28N6O4/c1-37-17-6-8-22(29-15-35)21(13-17)20-14-19(20)16-5-7-18-24(12-16)32-33-27(18)30-23-9-10-25(31-28(23)38-2)34-11-3-4-26(34)36/h5-10,12-13,15,19-20H,3-4,11,14H2,1-2H3,(H,29,35)(H2,30,32,33). The van der Waals surface area contributed by atoms with E-state index in [9.17, 15) is 9.59 Å². The van der Waals surface area contributed by atoms with Gasteiger partial charge in [0.2, 0.25) is 18.2 Å². The number of carbonyl (C=O) groups excluding carboxylic acids is 2. The Hall–Kier alpha value is -4.60. The first-order valence-corrected chi connectivity index (χ1v) is 12.6. The number of ether oxygens (including phenoxy) is 2. The van der Waals surface area contributed by atoms with Gasteiger partial charge >= 0.3 is 0 Å². The van der Waals surface area contributed by atoms with Gasteiger partial charge in [-0.3, -0.25) is 19.6 Å². The maximum atomic E-state index is 12.1. The summed E-state index contributed by atoms with van der Waals surface area (Å²) in [7, 11) is 3.20. The Morgan fingerprint density at radius 1 is 1.05 bits per heavy atom. The molecule has 2 fully saturated rings. The molecule has 3 heterocycles. The van der Waals surface area contributed by atoms with Crippen LogP contribution in [0.3, 0.4) is 0 Å². The van der Waals surface area contributed by atoms with Crippen molar-refractivity contribution in [1.29, 1.82) is 0 Å². The van der Waals surface area contributed by atoms with Crippen LogP contribution in [0.4, 0.5) is 23.0 Å². The lowest BCUT2D eigenvalue weighted by atomic mass is 10.0. The van der Waals surface area contributed by atoms with E-state index in [-0.39, 0.29) is 5.91 Å². The van der Waals surface area contributed by atoms with E-state index in [1.165, 1.54) is 5.56 Å². The Labute approximate surface area is 219 Å². The highest BCUT2D eigenvalue weighted by molar-refractivity contribution is 5.95. The largest absolute Gasteiger partial charge is 0.497 e. The zero-order valence-corrected chi connectivity index (χ0v) is 21.2. The van der Waals surface area contributed by atoms with Crippen LogP contribution in [-0.2, 0) is 9.59 Å². The first-order valence-electron chi connectivity index (χ1n) is 12.6. The number of aromatic amines is 1. The van der Waals surface area contributed by atoms with Gasteiger partial charge in [0.1, 0.15) is 17.3 Å². The number of H-pyrrole nitrogens is 1. The van der Waals surface area contributed by atoms with Crippen LogP contribution in [0.25, 0.3) is 10.9 Å². The van der Waals surface area contributed by atoms with E-state index >= 15 is 0 Å². The molecule has 1 saturated carbocycles. The van der Waals surface area contributed by atoms with Gasteiger partial charge in [-0.2, -0.15) is 10.1 Å². The van der Waals surface area contributed by atoms with Crippen LogP contribution in [0, 0.1) is 0 Å². The zero-order valence-electron chi connectivity index (χ0n) is 21.2. The molecule has 6 rings (SSSR count). The Kier molecular flexibility index (Phi) is 6.07. The second kappa shape index (κ2) is 9.70. The number of pyridine rings is 1. The fourth-order valence-corrected chi connectivity index (χ4v) is 5.29. The quantitative estimate of drug-likeness (QED) is 0.278. The van der Waals surface area contributed by atoms with Crippen molar-refractivity contribution in [2.24, 2.45) is 0 Å². The predicted molar refractivity (Wildman–Crippen MR) is 145 cm³/mol. The summed E-state index contributed by atoms with van der Waals surface area (Å²) in [4.78, 5) is 29.4. The predicted octanol–water partition coefficient (Wildman–Crippen LogP) is 4.68. The van der Waals surface area contributed by atoms with E-state index in [0.717, 1.165) is 40.7 Å². The number of nitrogens with one attached hydrogen (secondary N) is 3. The van der Waals surface area contributed by atoms with Crippen molar-refractivity contribution >= 4 is 46.2 Å². The summed E-state index contributed by atoms with van der Waals surface area (Å²) in [5, 5.41) is 14.7. The number of amides is 2. The lowest BCUT2D eigenvalue weighted by molar-refractivity contribution is -0.117. The van der Waals surface area contributed by atoms with Gasteiger partial charge in [-0.25, -0.2) is 0 Å². The van der Waals surface area contributed by atoms with Crippen LogP contribution in [-0.4, -0.2) is 48.3 Å². The molecule has 2 aliphatic rings. The van der Waals surface area contributed by atoms with Gasteiger partial charge in [0.05, 0.1) is 19.7 Å². The van der Waals surface area contributed by atoms with Gasteiger partial charge < -0.3 is 20.1 Å². The molecule has 2 aromatic carbocycles. The van der Waals surface area contributed by atoms with Crippen molar-refractivity contribution in [3.8, 4) is 11.6 Å². The van der Waals surface area contributed by atoms with Crippen molar-refractivity contribution in [2.45, 2.75) is 31.1 Å². The minimum atomic E-state index is 0.0786. The van der Waals surface area contributed by atoms with Crippen molar-refractivity contribution in [2.75, 3.05) is 36.3 Å². The van der Waals surface area contributed by atoms with E-state index in [1.54, 1.807) is 19.1 Å². The molecule has 10 heteroatoms. The van der Waals surface area contributed by atoms with Crippen molar-refractivity contribution in [3.05, 3.63) is 59.7 Å². The van der Waals surface area contributed by atoms with Crippen LogP contribution in [0.2, 0.25) is 0 Å². The third-order valence-electron chi connectivity index (χ3n) is 7.32. The number of hydrogen-bond acceptors (Lipinski definition) is 7. The molecule has 2 unspecified atom stereocenters. The fourth-order valence-electron chi connectivity index (χ4n) is 5.29. The van der Waals surface area contributed by atoms with E-state index < -0.39 is 0 Å². The number of aromatic nitrogens is 3. The molecule has 0 bridgehead atoms. The Morgan fingerprint density at radius 2 is 1.92 bits per heavy atom. The highest BCUT2D eigenvalue weighted by atomic mass is 16.5. The van der Waals surface area contributed by atoms with Gasteiger partial charge in [0.15, 0.2) is 5.82 Å². The average molecular weight is 513 g/mol. The fraction of sp³-hybridized carbons (Fsp3) is 0.286. The van der Waals surface area contributed by atoms with E-state index in [0.29, 0.717) is 54.4 Å². The molecule has 1 saturated heterocycles. The lowest BCUT2D eigenvalue weighted by Crippen LogP contribution is -2.24. The zero-order chi connectivity index (χ0) is 26.2. The summed E-state index contributed by atoms with van der Waals surface area (Å²) in [6, 6.07) is 15.7. The summed E-state index contributed by atoms with van der Waals surface area (Å²) in [6.45, 7) is 0.669. The monoisotopic (exact) mass is 512 g/mol. The first-order chi connectivity index (χ1) is 18.6. The molecule has 10 nitrogen and oxygen atoms in total. The van der Waals surface area contributed by atoms with E-state index in [4.69, 9.17) is 9.47 Å².